The Hall–Kier alpha value is -5.10. The Labute approximate surface area is 268 Å². The lowest BCUT2D eigenvalue weighted by atomic mass is 9.73. The van der Waals surface area contributed by atoms with E-state index < -0.39 is 84.7 Å². The summed E-state index contributed by atoms with van der Waals surface area (Å²) in [6.07, 6.45) is -4.78. The Balaban J connectivity index is 1.74. The van der Waals surface area contributed by atoms with Gasteiger partial charge in [-0.3, -0.25) is 9.59 Å². The molecule has 1 unspecified atom stereocenters. The summed E-state index contributed by atoms with van der Waals surface area (Å²) in [5, 5.41) is 19.2. The van der Waals surface area contributed by atoms with Gasteiger partial charge in [0.15, 0.2) is 11.6 Å². The standard InChI is InChI=1S/C35H29F3O8S/c1-4-21-5-11-25(12-6-21)47(45,46)26-13-7-22(8-14-26)17-31(40)30-19-24(10-16-28(30)33(43)44)34(3,35(36,37)38)23-9-15-27(32(41)42)29(18-23)20(2)39/h5-16,18-19H,4,17H2,1-3H3,(H,41,42)(H,43,44). The lowest BCUT2D eigenvalue weighted by molar-refractivity contribution is -0.173. The Bertz CT molecular complexity index is 2000. The first-order valence-corrected chi connectivity index (χ1v) is 15.7. The molecule has 4 aromatic carbocycles. The SMILES string of the molecule is CCc1ccc(S(=O)(=O)c2ccc(CC(=O)c3cc(C(C)(c4ccc(C(=O)O)c(C(C)=O)c4)C(F)(F)F)ccc3C(=O)O)cc2)cc1. The highest BCUT2D eigenvalue weighted by atomic mass is 32.2. The van der Waals surface area contributed by atoms with E-state index >= 15 is 0 Å². The van der Waals surface area contributed by atoms with Crippen LogP contribution in [0.1, 0.15) is 84.5 Å². The number of hydrogen-bond donors (Lipinski definition) is 2. The molecule has 0 saturated heterocycles. The second-order valence-electron chi connectivity index (χ2n) is 11.1. The van der Waals surface area contributed by atoms with Crippen LogP contribution in [0.4, 0.5) is 13.2 Å². The maximum atomic E-state index is 14.8. The molecule has 0 radical (unpaired) electrons. The van der Waals surface area contributed by atoms with E-state index in [1.807, 2.05) is 6.92 Å². The van der Waals surface area contributed by atoms with Crippen molar-refractivity contribution in [3.8, 4) is 0 Å². The monoisotopic (exact) mass is 666 g/mol. The Morgan fingerprint density at radius 3 is 1.49 bits per heavy atom. The molecule has 1 atom stereocenters. The molecule has 0 aliphatic heterocycles. The maximum Gasteiger partial charge on any atom is 0.402 e. The van der Waals surface area contributed by atoms with Crippen molar-refractivity contribution in [2.24, 2.45) is 0 Å². The lowest BCUT2D eigenvalue weighted by Gasteiger charge is -2.34. The fourth-order valence-electron chi connectivity index (χ4n) is 5.21. The molecule has 4 rings (SSSR count). The number of hydrogen-bond acceptors (Lipinski definition) is 6. The van der Waals surface area contributed by atoms with E-state index in [1.54, 1.807) is 12.1 Å². The van der Waals surface area contributed by atoms with Gasteiger partial charge in [0, 0.05) is 17.5 Å². The first kappa shape index (κ1) is 34.8. The van der Waals surface area contributed by atoms with Crippen LogP contribution < -0.4 is 0 Å². The highest BCUT2D eigenvalue weighted by Crippen LogP contribution is 2.47. The van der Waals surface area contributed by atoms with Crippen molar-refractivity contribution >= 4 is 33.3 Å². The molecule has 0 aliphatic rings. The van der Waals surface area contributed by atoms with Crippen LogP contribution >= 0.6 is 0 Å². The van der Waals surface area contributed by atoms with E-state index in [9.17, 15) is 51.0 Å². The molecule has 0 aromatic heterocycles. The van der Waals surface area contributed by atoms with Gasteiger partial charge in [-0.1, -0.05) is 43.3 Å². The number of alkyl halides is 3. The molecular weight excluding hydrogens is 637 g/mol. The lowest BCUT2D eigenvalue weighted by Crippen LogP contribution is -2.41. The minimum Gasteiger partial charge on any atom is -0.478 e. The van der Waals surface area contributed by atoms with Gasteiger partial charge in [-0.15, -0.1) is 0 Å². The van der Waals surface area contributed by atoms with E-state index in [0.29, 0.717) is 0 Å². The van der Waals surface area contributed by atoms with Crippen LogP contribution in [-0.4, -0.2) is 48.3 Å². The second-order valence-corrected chi connectivity index (χ2v) is 13.0. The van der Waals surface area contributed by atoms with Gasteiger partial charge in [0.05, 0.1) is 20.9 Å². The predicted molar refractivity (Wildman–Crippen MR) is 165 cm³/mol. The van der Waals surface area contributed by atoms with Crippen molar-refractivity contribution in [2.75, 3.05) is 0 Å². The zero-order chi connectivity index (χ0) is 34.9. The van der Waals surface area contributed by atoms with E-state index in [1.165, 1.54) is 36.4 Å². The quantitative estimate of drug-likeness (QED) is 0.163. The van der Waals surface area contributed by atoms with Crippen LogP contribution in [0.2, 0.25) is 0 Å². The van der Waals surface area contributed by atoms with Crippen molar-refractivity contribution in [3.63, 3.8) is 0 Å². The number of halogens is 3. The number of Topliss-reactive ketones (excluding diaryl/α,β-unsaturated/α-hetero) is 2. The first-order chi connectivity index (χ1) is 21.9. The number of rotatable bonds is 11. The van der Waals surface area contributed by atoms with Crippen LogP contribution in [-0.2, 0) is 28.1 Å². The number of carboxylic acid groups (broad SMARTS) is 2. The number of aryl methyl sites for hydroxylation is 1. The summed E-state index contributed by atoms with van der Waals surface area (Å²) in [5.41, 5.74) is -4.69. The highest BCUT2D eigenvalue weighted by molar-refractivity contribution is 7.91. The van der Waals surface area contributed by atoms with Crippen molar-refractivity contribution in [1.82, 2.24) is 0 Å². The highest BCUT2D eigenvalue weighted by Gasteiger charge is 2.54. The fourth-order valence-corrected chi connectivity index (χ4v) is 6.47. The number of sulfone groups is 1. The topological polar surface area (TPSA) is 143 Å². The third-order valence-electron chi connectivity index (χ3n) is 8.14. The van der Waals surface area contributed by atoms with Gasteiger partial charge in [0.1, 0.15) is 5.41 Å². The number of ketones is 2. The predicted octanol–water partition coefficient (Wildman–Crippen LogP) is 6.97. The Morgan fingerprint density at radius 1 is 0.660 bits per heavy atom. The number of aromatic carboxylic acids is 2. The van der Waals surface area contributed by atoms with Gasteiger partial charge < -0.3 is 10.2 Å². The van der Waals surface area contributed by atoms with Gasteiger partial charge in [-0.05, 0) is 91.1 Å². The molecule has 47 heavy (non-hydrogen) atoms. The molecule has 8 nitrogen and oxygen atoms in total. The number of carboxylic acids is 2. The smallest absolute Gasteiger partial charge is 0.402 e. The van der Waals surface area contributed by atoms with Gasteiger partial charge in [0.2, 0.25) is 9.84 Å². The van der Waals surface area contributed by atoms with E-state index in [2.05, 4.69) is 0 Å². The maximum absolute atomic E-state index is 14.8. The van der Waals surface area contributed by atoms with Crippen LogP contribution in [0.5, 0.6) is 0 Å². The van der Waals surface area contributed by atoms with Crippen LogP contribution in [0, 0.1) is 0 Å². The molecule has 0 saturated carbocycles. The normalized spacial score (nSPS) is 13.1. The van der Waals surface area contributed by atoms with Gasteiger partial charge in [-0.2, -0.15) is 13.2 Å². The first-order valence-electron chi connectivity index (χ1n) is 14.2. The van der Waals surface area contributed by atoms with Crippen molar-refractivity contribution in [2.45, 2.75) is 55.0 Å². The number of carbonyl (C=O) groups is 4. The minimum absolute atomic E-state index is 0.0500. The summed E-state index contributed by atoms with van der Waals surface area (Å²) in [7, 11) is -3.88. The zero-order valence-electron chi connectivity index (χ0n) is 25.4. The van der Waals surface area contributed by atoms with E-state index in [4.69, 9.17) is 0 Å². The Kier molecular flexibility index (Phi) is 9.58. The summed E-state index contributed by atoms with van der Waals surface area (Å²) < 4.78 is 70.7. The molecule has 0 spiro atoms. The third kappa shape index (κ3) is 6.73. The molecule has 0 fully saturated rings. The van der Waals surface area contributed by atoms with Crippen molar-refractivity contribution < 1.29 is 51.0 Å². The summed E-state index contributed by atoms with van der Waals surface area (Å²) in [5.74, 6) is -4.69. The molecular formula is C35H29F3O8S. The minimum atomic E-state index is -5.05. The van der Waals surface area contributed by atoms with Gasteiger partial charge in [-0.25, -0.2) is 18.0 Å². The molecule has 2 N–H and O–H groups in total. The molecule has 0 amide bonds. The number of carbonyl (C=O) groups excluding carboxylic acids is 2. The molecule has 244 valence electrons. The average molecular weight is 667 g/mol. The summed E-state index contributed by atoms with van der Waals surface area (Å²) in [4.78, 5) is 49.2. The summed E-state index contributed by atoms with van der Waals surface area (Å²) in [6, 6.07) is 16.9. The molecule has 0 heterocycles. The summed E-state index contributed by atoms with van der Waals surface area (Å²) >= 11 is 0. The van der Waals surface area contributed by atoms with Crippen molar-refractivity contribution in [1.29, 1.82) is 0 Å². The largest absolute Gasteiger partial charge is 0.478 e. The van der Waals surface area contributed by atoms with E-state index in [-0.39, 0.29) is 15.4 Å². The fraction of sp³-hybridized carbons (Fsp3) is 0.200. The average Bonchev–Trinajstić information content (AvgIpc) is 3.03. The zero-order valence-corrected chi connectivity index (χ0v) is 26.2. The van der Waals surface area contributed by atoms with Crippen LogP contribution in [0.3, 0.4) is 0 Å². The molecule has 0 bridgehead atoms. The van der Waals surface area contributed by atoms with Crippen molar-refractivity contribution in [3.05, 3.63) is 129 Å². The van der Waals surface area contributed by atoms with Gasteiger partial charge >= 0.3 is 18.1 Å². The molecule has 4 aromatic rings. The second kappa shape index (κ2) is 13.0. The van der Waals surface area contributed by atoms with Gasteiger partial charge in [0.25, 0.3) is 0 Å². The van der Waals surface area contributed by atoms with E-state index in [0.717, 1.165) is 62.2 Å². The summed E-state index contributed by atoms with van der Waals surface area (Å²) in [6.45, 7) is 3.73. The molecule has 0 aliphatic carbocycles. The van der Waals surface area contributed by atoms with Crippen LogP contribution in [0.25, 0.3) is 0 Å². The third-order valence-corrected chi connectivity index (χ3v) is 9.93. The Morgan fingerprint density at radius 2 is 1.09 bits per heavy atom. The van der Waals surface area contributed by atoms with Crippen LogP contribution in [0.15, 0.2) is 94.7 Å². The molecule has 12 heteroatoms. The number of benzene rings is 4.